The van der Waals surface area contributed by atoms with Crippen LogP contribution in [0.2, 0.25) is 0 Å². The number of nitrogens with zero attached hydrogens (tertiary/aromatic N) is 1. The summed E-state index contributed by atoms with van der Waals surface area (Å²) < 4.78 is 5.66. The van der Waals surface area contributed by atoms with E-state index in [1.165, 1.54) is 0 Å². The zero-order chi connectivity index (χ0) is 10.0. The summed E-state index contributed by atoms with van der Waals surface area (Å²) >= 11 is 0. The van der Waals surface area contributed by atoms with Crippen molar-refractivity contribution in [3.8, 4) is 0 Å². The average molecular weight is 186 g/mol. The first-order chi connectivity index (χ1) is 6.00. The fraction of sp³-hybridized carbons (Fsp3) is 1.00. The van der Waals surface area contributed by atoms with E-state index < -0.39 is 0 Å². The Morgan fingerprint density at radius 2 is 1.69 bits per heavy atom. The van der Waals surface area contributed by atoms with Crippen LogP contribution in [-0.4, -0.2) is 42.3 Å². The van der Waals surface area contributed by atoms with Gasteiger partial charge < -0.3 is 10.5 Å². The van der Waals surface area contributed by atoms with Crippen molar-refractivity contribution in [2.75, 3.05) is 13.1 Å². The summed E-state index contributed by atoms with van der Waals surface area (Å²) in [5.41, 5.74) is 5.88. The van der Waals surface area contributed by atoms with Gasteiger partial charge in [0.05, 0.1) is 12.2 Å². The molecule has 2 N–H and O–H groups in total. The van der Waals surface area contributed by atoms with E-state index in [4.69, 9.17) is 10.5 Å². The molecule has 13 heavy (non-hydrogen) atoms. The second-order valence-electron chi connectivity index (χ2n) is 4.31. The molecule has 1 saturated heterocycles. The third-order valence-corrected chi connectivity index (χ3v) is 2.78. The monoisotopic (exact) mass is 186 g/mol. The Labute approximate surface area is 81.2 Å². The smallest absolute Gasteiger partial charge is 0.0678 e. The summed E-state index contributed by atoms with van der Waals surface area (Å²) in [4.78, 5) is 2.42. The number of rotatable bonds is 2. The lowest BCUT2D eigenvalue weighted by Crippen LogP contribution is -2.53. The van der Waals surface area contributed by atoms with E-state index in [1.807, 2.05) is 0 Å². The van der Waals surface area contributed by atoms with Crippen LogP contribution >= 0.6 is 0 Å². The van der Waals surface area contributed by atoms with E-state index in [9.17, 15) is 0 Å². The second-order valence-corrected chi connectivity index (χ2v) is 4.31. The molecule has 1 aliphatic heterocycles. The van der Waals surface area contributed by atoms with Gasteiger partial charge in [0.15, 0.2) is 0 Å². The van der Waals surface area contributed by atoms with Crippen LogP contribution in [0.4, 0.5) is 0 Å². The van der Waals surface area contributed by atoms with Gasteiger partial charge in [-0.15, -0.1) is 0 Å². The van der Waals surface area contributed by atoms with Gasteiger partial charge >= 0.3 is 0 Å². The second kappa shape index (κ2) is 4.40. The highest BCUT2D eigenvalue weighted by Gasteiger charge is 2.26. The topological polar surface area (TPSA) is 38.5 Å². The molecule has 4 atom stereocenters. The Kier molecular flexibility index (Phi) is 3.71. The molecule has 3 heteroatoms. The lowest BCUT2D eigenvalue weighted by Gasteiger charge is -2.40. The molecular formula is C10H22N2O. The molecule has 1 aliphatic rings. The van der Waals surface area contributed by atoms with Gasteiger partial charge in [-0.3, -0.25) is 4.90 Å². The number of hydrogen-bond donors (Lipinski definition) is 1. The molecule has 1 rings (SSSR count). The van der Waals surface area contributed by atoms with E-state index in [-0.39, 0.29) is 6.04 Å². The van der Waals surface area contributed by atoms with Crippen LogP contribution in [0.5, 0.6) is 0 Å². The molecule has 2 unspecified atom stereocenters. The lowest BCUT2D eigenvalue weighted by atomic mass is 10.1. The van der Waals surface area contributed by atoms with Crippen molar-refractivity contribution in [2.24, 2.45) is 5.73 Å². The maximum atomic E-state index is 5.88. The molecule has 0 aromatic rings. The minimum absolute atomic E-state index is 0.234. The number of morpholine rings is 1. The first-order valence-corrected chi connectivity index (χ1v) is 5.15. The maximum Gasteiger partial charge on any atom is 0.0678 e. The van der Waals surface area contributed by atoms with Crippen LogP contribution in [0, 0.1) is 0 Å². The van der Waals surface area contributed by atoms with Gasteiger partial charge in [0, 0.05) is 25.2 Å². The van der Waals surface area contributed by atoms with Crippen molar-refractivity contribution >= 4 is 0 Å². The van der Waals surface area contributed by atoms with Gasteiger partial charge in [0.2, 0.25) is 0 Å². The summed E-state index contributed by atoms with van der Waals surface area (Å²) in [6.07, 6.45) is 0.676. The molecule has 78 valence electrons. The predicted octanol–water partition coefficient (Wildman–Crippen LogP) is 0.831. The van der Waals surface area contributed by atoms with E-state index in [1.54, 1.807) is 0 Å². The SMILES string of the molecule is CC(N)C(C)N1C[C@@H](C)O[C@@H](C)C1. The number of ether oxygens (including phenoxy) is 1. The van der Waals surface area contributed by atoms with E-state index >= 15 is 0 Å². The Morgan fingerprint density at radius 1 is 1.23 bits per heavy atom. The number of nitrogens with two attached hydrogens (primary N) is 1. The van der Waals surface area contributed by atoms with E-state index in [2.05, 4.69) is 32.6 Å². The average Bonchev–Trinajstić information content (AvgIpc) is 2.01. The standard InChI is InChI=1S/C10H22N2O/c1-7-5-12(6-8(2)13-7)10(4)9(3)11/h7-10H,5-6,11H2,1-4H3/t7-,8+,9?,10?. The molecule has 1 fully saturated rings. The molecule has 1 heterocycles. The quantitative estimate of drug-likeness (QED) is 0.694. The molecule has 0 aromatic carbocycles. The highest BCUT2D eigenvalue weighted by Crippen LogP contribution is 2.14. The predicted molar refractivity (Wildman–Crippen MR) is 54.7 cm³/mol. The summed E-state index contributed by atoms with van der Waals surface area (Å²) in [5.74, 6) is 0. The van der Waals surface area contributed by atoms with Crippen molar-refractivity contribution < 1.29 is 4.74 Å². The normalized spacial score (nSPS) is 35.8. The minimum atomic E-state index is 0.234. The van der Waals surface area contributed by atoms with Crippen molar-refractivity contribution in [3.05, 3.63) is 0 Å². The Balaban J connectivity index is 2.49. The van der Waals surface area contributed by atoms with Crippen LogP contribution in [0.3, 0.4) is 0 Å². The van der Waals surface area contributed by atoms with Gasteiger partial charge in [0.1, 0.15) is 0 Å². The molecule has 0 bridgehead atoms. The van der Waals surface area contributed by atoms with E-state index in [0.29, 0.717) is 18.2 Å². The molecule has 0 amide bonds. The van der Waals surface area contributed by atoms with Crippen molar-refractivity contribution in [1.29, 1.82) is 0 Å². The zero-order valence-electron chi connectivity index (χ0n) is 9.16. The van der Waals surface area contributed by atoms with Crippen molar-refractivity contribution in [2.45, 2.75) is 52.0 Å². The minimum Gasteiger partial charge on any atom is -0.373 e. The highest BCUT2D eigenvalue weighted by molar-refractivity contribution is 4.81. The van der Waals surface area contributed by atoms with Crippen molar-refractivity contribution in [1.82, 2.24) is 4.90 Å². The van der Waals surface area contributed by atoms with Gasteiger partial charge in [-0.25, -0.2) is 0 Å². The summed E-state index contributed by atoms with van der Waals surface area (Å²) in [7, 11) is 0. The molecule has 0 aliphatic carbocycles. The summed E-state index contributed by atoms with van der Waals surface area (Å²) in [6, 6.07) is 0.686. The van der Waals surface area contributed by atoms with Gasteiger partial charge in [0.25, 0.3) is 0 Å². The van der Waals surface area contributed by atoms with Crippen LogP contribution < -0.4 is 5.73 Å². The summed E-state index contributed by atoms with van der Waals surface area (Å²) in [6.45, 7) is 10.5. The lowest BCUT2D eigenvalue weighted by molar-refractivity contribution is -0.0802. The molecule has 3 nitrogen and oxygen atoms in total. The van der Waals surface area contributed by atoms with Crippen molar-refractivity contribution in [3.63, 3.8) is 0 Å². The maximum absolute atomic E-state index is 5.88. The molecule has 0 radical (unpaired) electrons. The first kappa shape index (κ1) is 11.0. The third kappa shape index (κ3) is 2.93. The largest absolute Gasteiger partial charge is 0.373 e. The van der Waals surface area contributed by atoms with Crippen LogP contribution in [0.25, 0.3) is 0 Å². The Hall–Kier alpha value is -0.120. The van der Waals surface area contributed by atoms with E-state index in [0.717, 1.165) is 13.1 Å². The Morgan fingerprint density at radius 3 is 2.08 bits per heavy atom. The highest BCUT2D eigenvalue weighted by atomic mass is 16.5. The van der Waals surface area contributed by atoms with Crippen LogP contribution in [-0.2, 0) is 4.74 Å². The van der Waals surface area contributed by atoms with Gasteiger partial charge in [-0.1, -0.05) is 0 Å². The molecule has 0 saturated carbocycles. The third-order valence-electron chi connectivity index (χ3n) is 2.78. The Bertz CT molecular complexity index is 151. The molecule has 0 spiro atoms. The summed E-state index contributed by atoms with van der Waals surface area (Å²) in [5, 5.41) is 0. The van der Waals surface area contributed by atoms with Crippen LogP contribution in [0.15, 0.2) is 0 Å². The van der Waals surface area contributed by atoms with Crippen LogP contribution in [0.1, 0.15) is 27.7 Å². The molecular weight excluding hydrogens is 164 g/mol. The van der Waals surface area contributed by atoms with Gasteiger partial charge in [-0.2, -0.15) is 0 Å². The van der Waals surface area contributed by atoms with Gasteiger partial charge in [-0.05, 0) is 27.7 Å². The zero-order valence-corrected chi connectivity index (χ0v) is 9.16. The molecule has 0 aromatic heterocycles. The number of hydrogen-bond acceptors (Lipinski definition) is 3. The fourth-order valence-corrected chi connectivity index (χ4v) is 1.88. The first-order valence-electron chi connectivity index (χ1n) is 5.15. The fourth-order valence-electron chi connectivity index (χ4n) is 1.88.